The molecule has 0 saturated carbocycles. The number of rotatable bonds is 3. The van der Waals surface area contributed by atoms with Gasteiger partial charge in [0, 0.05) is 20.6 Å². The van der Waals surface area contributed by atoms with Crippen LogP contribution in [-0.2, 0) is 9.59 Å². The van der Waals surface area contributed by atoms with Gasteiger partial charge in [-0.2, -0.15) is 0 Å². The minimum absolute atomic E-state index is 0.173. The predicted molar refractivity (Wildman–Crippen MR) is 123 cm³/mol. The van der Waals surface area contributed by atoms with Crippen molar-refractivity contribution in [1.29, 1.82) is 0 Å². The Morgan fingerprint density at radius 3 is 2.19 bits per heavy atom. The normalized spacial score (nSPS) is 15.5. The Morgan fingerprint density at radius 1 is 0.935 bits per heavy atom. The molecule has 4 amide bonds. The molecule has 0 radical (unpaired) electrons. The molecule has 1 fully saturated rings. The number of aryl methyl sites for hydroxylation is 1. The van der Waals surface area contributed by atoms with Crippen LogP contribution in [0.1, 0.15) is 17.0 Å². The van der Waals surface area contributed by atoms with Crippen LogP contribution in [0.25, 0.3) is 11.8 Å². The second kappa shape index (κ2) is 8.10. The van der Waals surface area contributed by atoms with Crippen LogP contribution in [0.5, 0.6) is 0 Å². The highest BCUT2D eigenvalue weighted by Crippen LogP contribution is 2.26. The molecule has 1 aliphatic heterocycles. The molecule has 3 aromatic rings. The maximum atomic E-state index is 13.2. The molecule has 1 N–H and O–H groups in total. The Balaban J connectivity index is 1.75. The number of halogens is 2. The Bertz CT molecular complexity index is 1240. The molecular weight excluding hydrogens is 512 g/mol. The second-order valence-corrected chi connectivity index (χ2v) is 8.32. The zero-order valence-corrected chi connectivity index (χ0v) is 18.8. The number of amides is 4. The van der Waals surface area contributed by atoms with E-state index in [1.165, 1.54) is 18.2 Å². The summed E-state index contributed by atoms with van der Waals surface area (Å²) in [5.74, 6) is -2.03. The monoisotopic (exact) mass is 529 g/mol. The van der Waals surface area contributed by atoms with Gasteiger partial charge < -0.3 is 4.57 Å². The topological polar surface area (TPSA) is 71.4 Å². The van der Waals surface area contributed by atoms with E-state index >= 15 is 0 Å². The zero-order chi connectivity index (χ0) is 22.3. The van der Waals surface area contributed by atoms with Crippen molar-refractivity contribution in [1.82, 2.24) is 9.88 Å². The summed E-state index contributed by atoms with van der Waals surface area (Å²) in [5.41, 5.74) is 3.42. The highest BCUT2D eigenvalue weighted by Gasteiger charge is 2.37. The number of nitrogens with one attached hydrogen (secondary N) is 1. The van der Waals surface area contributed by atoms with Crippen molar-refractivity contribution in [3.63, 3.8) is 0 Å². The number of hydrogen-bond donors (Lipinski definition) is 1. The minimum atomic E-state index is -0.872. The summed E-state index contributed by atoms with van der Waals surface area (Å²) >= 11 is 2.24. The van der Waals surface area contributed by atoms with Crippen LogP contribution in [0.15, 0.2) is 60.2 Å². The van der Waals surface area contributed by atoms with Crippen LogP contribution in [0.2, 0.25) is 0 Å². The summed E-state index contributed by atoms with van der Waals surface area (Å²) in [6.45, 7) is 3.83. The van der Waals surface area contributed by atoms with E-state index in [9.17, 15) is 18.8 Å². The van der Waals surface area contributed by atoms with Gasteiger partial charge in [-0.15, -0.1) is 0 Å². The van der Waals surface area contributed by atoms with Gasteiger partial charge in [-0.1, -0.05) is 0 Å². The van der Waals surface area contributed by atoms with Gasteiger partial charge in [0.15, 0.2) is 0 Å². The number of imide groups is 2. The van der Waals surface area contributed by atoms with Gasteiger partial charge in [0.25, 0.3) is 11.8 Å². The summed E-state index contributed by atoms with van der Waals surface area (Å²) in [7, 11) is 0. The van der Waals surface area contributed by atoms with Gasteiger partial charge in [-0.25, -0.2) is 14.1 Å². The van der Waals surface area contributed by atoms with E-state index in [4.69, 9.17) is 0 Å². The van der Waals surface area contributed by atoms with Crippen LogP contribution in [0.4, 0.5) is 14.9 Å². The number of carbonyl (C=O) groups excluding carboxylic acids is 3. The summed E-state index contributed by atoms with van der Waals surface area (Å²) < 4.78 is 16.4. The first-order chi connectivity index (χ1) is 14.8. The maximum absolute atomic E-state index is 13.2. The fourth-order valence-corrected chi connectivity index (χ4v) is 3.92. The van der Waals surface area contributed by atoms with Crippen molar-refractivity contribution in [3.8, 4) is 5.69 Å². The molecule has 6 nitrogen and oxygen atoms in total. The van der Waals surface area contributed by atoms with Crippen molar-refractivity contribution < 1.29 is 18.8 Å². The molecule has 0 atom stereocenters. The first-order valence-electron chi connectivity index (χ1n) is 9.38. The van der Waals surface area contributed by atoms with Gasteiger partial charge in [0.2, 0.25) is 0 Å². The average Bonchev–Trinajstić information content (AvgIpc) is 3.00. The number of aromatic nitrogens is 1. The van der Waals surface area contributed by atoms with Crippen LogP contribution in [0.3, 0.4) is 0 Å². The van der Waals surface area contributed by atoms with E-state index in [1.807, 2.05) is 48.7 Å². The molecule has 1 saturated heterocycles. The third-order valence-corrected chi connectivity index (χ3v) is 5.76. The van der Waals surface area contributed by atoms with Gasteiger partial charge in [-0.05, 0) is 103 Å². The van der Waals surface area contributed by atoms with Crippen LogP contribution >= 0.6 is 22.6 Å². The summed E-state index contributed by atoms with van der Waals surface area (Å²) in [4.78, 5) is 38.6. The lowest BCUT2D eigenvalue weighted by Gasteiger charge is -2.26. The number of hydrogen-bond acceptors (Lipinski definition) is 3. The quantitative estimate of drug-likeness (QED) is 0.309. The van der Waals surface area contributed by atoms with Gasteiger partial charge >= 0.3 is 6.03 Å². The largest absolute Gasteiger partial charge is 0.335 e. The van der Waals surface area contributed by atoms with Gasteiger partial charge in [-0.3, -0.25) is 14.9 Å². The Hall–Kier alpha value is -3.27. The van der Waals surface area contributed by atoms with E-state index in [0.717, 1.165) is 37.7 Å². The summed E-state index contributed by atoms with van der Waals surface area (Å²) in [5, 5.41) is 2.18. The molecule has 8 heteroatoms. The molecule has 2 aromatic carbocycles. The number of nitrogens with zero attached hydrogens (tertiary/aromatic N) is 2. The fraction of sp³-hybridized carbons (Fsp3) is 0.0870. The SMILES string of the molecule is Cc1cc(/C=C2/C(=O)NC(=O)N(c3ccc(F)cc3)C2=O)c(C)n1-c1ccc(I)cc1. The molecule has 0 bridgehead atoms. The predicted octanol–water partition coefficient (Wildman–Crippen LogP) is 4.50. The summed E-state index contributed by atoms with van der Waals surface area (Å²) in [6.07, 6.45) is 1.48. The number of urea groups is 1. The number of carbonyl (C=O) groups is 3. The minimum Gasteiger partial charge on any atom is -0.318 e. The highest BCUT2D eigenvalue weighted by atomic mass is 127. The lowest BCUT2D eigenvalue weighted by atomic mass is 10.1. The van der Waals surface area contributed by atoms with Crippen molar-refractivity contribution >= 4 is 52.2 Å². The molecule has 1 aromatic heterocycles. The smallest absolute Gasteiger partial charge is 0.318 e. The van der Waals surface area contributed by atoms with E-state index < -0.39 is 23.7 Å². The molecule has 2 heterocycles. The third kappa shape index (κ3) is 3.90. The standard InChI is InChI=1S/C23H17FIN3O3/c1-13-11-15(14(2)27(13)18-9-5-17(25)6-10-18)12-20-21(29)26-23(31)28(22(20)30)19-7-3-16(24)4-8-19/h3-12H,1-2H3,(H,26,29,31)/b20-12-. The Labute approximate surface area is 191 Å². The maximum Gasteiger partial charge on any atom is 0.335 e. The van der Waals surface area contributed by atoms with Crippen molar-refractivity contribution in [3.05, 3.63) is 86.5 Å². The van der Waals surface area contributed by atoms with E-state index in [2.05, 4.69) is 27.9 Å². The van der Waals surface area contributed by atoms with Crippen molar-refractivity contribution in [2.45, 2.75) is 13.8 Å². The first kappa shape index (κ1) is 21.0. The van der Waals surface area contributed by atoms with Gasteiger partial charge in [0.05, 0.1) is 5.69 Å². The molecule has 0 aliphatic carbocycles. The van der Waals surface area contributed by atoms with E-state index in [0.29, 0.717) is 5.56 Å². The molecule has 31 heavy (non-hydrogen) atoms. The summed E-state index contributed by atoms with van der Waals surface area (Å²) in [6, 6.07) is 13.9. The Morgan fingerprint density at radius 2 is 1.55 bits per heavy atom. The van der Waals surface area contributed by atoms with Gasteiger partial charge in [0.1, 0.15) is 11.4 Å². The van der Waals surface area contributed by atoms with Crippen molar-refractivity contribution in [2.75, 3.05) is 4.90 Å². The molecule has 1 aliphatic rings. The van der Waals surface area contributed by atoms with Crippen LogP contribution in [0, 0.1) is 23.2 Å². The molecule has 0 spiro atoms. The Kier molecular flexibility index (Phi) is 5.48. The zero-order valence-electron chi connectivity index (χ0n) is 16.6. The van der Waals surface area contributed by atoms with Crippen LogP contribution < -0.4 is 10.2 Å². The van der Waals surface area contributed by atoms with Crippen molar-refractivity contribution in [2.24, 2.45) is 0 Å². The second-order valence-electron chi connectivity index (χ2n) is 7.07. The van der Waals surface area contributed by atoms with E-state index in [-0.39, 0.29) is 11.3 Å². The lowest BCUT2D eigenvalue weighted by Crippen LogP contribution is -2.54. The van der Waals surface area contributed by atoms with E-state index in [1.54, 1.807) is 0 Å². The van der Waals surface area contributed by atoms with Crippen LogP contribution in [-0.4, -0.2) is 22.4 Å². The average molecular weight is 529 g/mol. The third-order valence-electron chi connectivity index (χ3n) is 5.04. The first-order valence-corrected chi connectivity index (χ1v) is 10.5. The lowest BCUT2D eigenvalue weighted by molar-refractivity contribution is -0.122. The highest BCUT2D eigenvalue weighted by molar-refractivity contribution is 14.1. The molecule has 4 rings (SSSR count). The molecule has 156 valence electrons. The number of benzene rings is 2. The number of anilines is 1. The fourth-order valence-electron chi connectivity index (χ4n) is 3.56. The molecule has 0 unspecified atom stereocenters. The molecular formula is C23H17FIN3O3. The number of barbiturate groups is 1.